The summed E-state index contributed by atoms with van der Waals surface area (Å²) in [5, 5.41) is 23.8. The van der Waals surface area contributed by atoms with Crippen LogP contribution in [0.3, 0.4) is 0 Å². The Morgan fingerprint density at radius 3 is 2.79 bits per heavy atom. The first-order valence-electron chi connectivity index (χ1n) is 17.3. The van der Waals surface area contributed by atoms with E-state index in [1.165, 1.54) is 25.7 Å². The van der Waals surface area contributed by atoms with Crippen LogP contribution in [0.15, 0.2) is 36.5 Å². The molecule has 0 amide bonds. The molecule has 0 unspecified atom stereocenters. The van der Waals surface area contributed by atoms with Gasteiger partial charge in [0.1, 0.15) is 28.4 Å². The molecule has 2 N–H and O–H groups in total. The first-order chi connectivity index (χ1) is 22.7. The maximum absolute atomic E-state index is 17.0. The second-order valence-electron chi connectivity index (χ2n) is 14.5. The van der Waals surface area contributed by atoms with Crippen LogP contribution in [0.2, 0.25) is 0 Å². The molecule has 47 heavy (non-hydrogen) atoms. The summed E-state index contributed by atoms with van der Waals surface area (Å²) in [6.45, 7) is 6.74. The lowest BCUT2D eigenvalue weighted by atomic mass is 9.75. The van der Waals surface area contributed by atoms with Gasteiger partial charge in [0.25, 0.3) is 0 Å². The van der Waals surface area contributed by atoms with Crippen molar-refractivity contribution in [3.63, 3.8) is 0 Å². The van der Waals surface area contributed by atoms with E-state index in [0.717, 1.165) is 48.6 Å². The van der Waals surface area contributed by atoms with Gasteiger partial charge in [-0.2, -0.15) is 9.97 Å². The fourth-order valence-electron chi connectivity index (χ4n) is 8.66. The van der Waals surface area contributed by atoms with E-state index in [1.54, 1.807) is 25.3 Å². The number of hydrogen-bond donors (Lipinski definition) is 2. The van der Waals surface area contributed by atoms with E-state index in [9.17, 15) is 10.2 Å². The Labute approximate surface area is 274 Å². The predicted octanol–water partition coefficient (Wildman–Crippen LogP) is 6.02. The fraction of sp³-hybridized carbons (Fsp3) is 0.541. The van der Waals surface area contributed by atoms with Gasteiger partial charge < -0.3 is 24.6 Å². The number of phenols is 1. The molecule has 2 aliphatic heterocycles. The van der Waals surface area contributed by atoms with Crippen LogP contribution < -0.4 is 9.64 Å². The van der Waals surface area contributed by atoms with Gasteiger partial charge in [0.2, 0.25) is 0 Å². The number of nitrogens with zero attached hydrogens (tertiary/aromatic N) is 5. The first kappa shape index (κ1) is 30.7. The molecule has 2 aliphatic carbocycles. The van der Waals surface area contributed by atoms with Gasteiger partial charge in [-0.25, -0.2) is 4.39 Å². The van der Waals surface area contributed by atoms with Crippen molar-refractivity contribution in [3.05, 3.63) is 47.9 Å². The summed E-state index contributed by atoms with van der Waals surface area (Å²) in [5.41, 5.74) is 0.689. The van der Waals surface area contributed by atoms with Gasteiger partial charge in [-0.15, -0.1) is 0 Å². The standard InChI is InChI=1S/C37H44FN5O4/c1-3-23-7-4-8-24-17-26(44)18-27(30(23)24)32-31(38)33-28(19-39-32)34(42-15-16-46-21-36(2,45)20-42)41-35(40-33)47-22-37-12-5-9-29(37)43(14-6-13-37)25-10-11-25/h4,7-8,17-19,25,29,44-45H,3,5-6,9-16,20-22H2,1-2H3/t29-,36+,37-/m1/s1. The highest BCUT2D eigenvalue weighted by Crippen LogP contribution is 2.51. The summed E-state index contributed by atoms with van der Waals surface area (Å²) in [6, 6.07) is 10.5. The molecule has 0 bridgehead atoms. The van der Waals surface area contributed by atoms with Crippen LogP contribution in [-0.2, 0) is 11.2 Å². The zero-order chi connectivity index (χ0) is 32.3. The van der Waals surface area contributed by atoms with Gasteiger partial charge in [0.15, 0.2) is 5.82 Å². The number of ether oxygens (including phenoxy) is 2. The van der Waals surface area contributed by atoms with Gasteiger partial charge in [-0.3, -0.25) is 9.88 Å². The summed E-state index contributed by atoms with van der Waals surface area (Å²) in [5.74, 6) is -0.0899. The van der Waals surface area contributed by atoms with Crippen LogP contribution in [0.25, 0.3) is 32.9 Å². The van der Waals surface area contributed by atoms with Gasteiger partial charge in [-0.05, 0) is 86.9 Å². The molecule has 3 atom stereocenters. The number of aromatic hydroxyl groups is 1. The zero-order valence-corrected chi connectivity index (χ0v) is 27.3. The summed E-state index contributed by atoms with van der Waals surface area (Å²) in [4.78, 5) is 18.9. The average Bonchev–Trinajstić information content (AvgIpc) is 3.85. The third-order valence-electron chi connectivity index (χ3n) is 10.9. The zero-order valence-electron chi connectivity index (χ0n) is 27.3. The van der Waals surface area contributed by atoms with Gasteiger partial charge in [0.05, 0.1) is 31.8 Å². The Morgan fingerprint density at radius 2 is 1.96 bits per heavy atom. The molecular weight excluding hydrogens is 597 g/mol. The number of anilines is 1. The van der Waals surface area contributed by atoms with Crippen LogP contribution in [0.1, 0.15) is 64.4 Å². The predicted molar refractivity (Wildman–Crippen MR) is 179 cm³/mol. The molecule has 0 spiro atoms. The minimum absolute atomic E-state index is 0.0401. The molecule has 9 nitrogen and oxygen atoms in total. The highest BCUT2D eigenvalue weighted by atomic mass is 19.1. The molecule has 248 valence electrons. The number of β-amino-alcohol motifs (C(OH)–C–C–N with tert-alkyl or cyclic N) is 1. The number of fused-ring (bicyclic) bond motifs is 3. The average molecular weight is 642 g/mol. The van der Waals surface area contributed by atoms with Crippen molar-refractivity contribution < 1.29 is 24.1 Å². The Bertz CT molecular complexity index is 1830. The Kier molecular flexibility index (Phi) is 7.73. The maximum atomic E-state index is 17.0. The van der Waals surface area contributed by atoms with Gasteiger partial charge in [-0.1, -0.05) is 31.5 Å². The van der Waals surface area contributed by atoms with E-state index in [-0.39, 0.29) is 41.5 Å². The normalized spacial score (nSPS) is 26.9. The van der Waals surface area contributed by atoms with Crippen molar-refractivity contribution in [1.82, 2.24) is 19.9 Å². The minimum atomic E-state index is -1.12. The monoisotopic (exact) mass is 641 g/mol. The molecule has 4 heterocycles. The summed E-state index contributed by atoms with van der Waals surface area (Å²) >= 11 is 0. The van der Waals surface area contributed by atoms with Crippen molar-refractivity contribution >= 4 is 27.5 Å². The first-order valence-corrected chi connectivity index (χ1v) is 17.3. The van der Waals surface area contributed by atoms with E-state index < -0.39 is 11.4 Å². The third-order valence-corrected chi connectivity index (χ3v) is 10.9. The Morgan fingerprint density at radius 1 is 1.11 bits per heavy atom. The van der Waals surface area contributed by atoms with Crippen molar-refractivity contribution in [3.8, 4) is 23.0 Å². The lowest BCUT2D eigenvalue weighted by Crippen LogP contribution is -2.52. The quantitative estimate of drug-likeness (QED) is 0.251. The van der Waals surface area contributed by atoms with Crippen molar-refractivity contribution in [2.45, 2.75) is 82.9 Å². The van der Waals surface area contributed by atoms with Crippen molar-refractivity contribution in [1.29, 1.82) is 0 Å². The fourth-order valence-corrected chi connectivity index (χ4v) is 8.66. The highest BCUT2D eigenvalue weighted by molar-refractivity contribution is 6.01. The minimum Gasteiger partial charge on any atom is -0.508 e. The van der Waals surface area contributed by atoms with Crippen molar-refractivity contribution in [2.75, 3.05) is 44.4 Å². The SMILES string of the molecule is CCc1cccc2cc(O)cc(-c3ncc4c(N5CCOC[C@@](C)(O)C5)nc(OC[C@]56CCC[C@H]5N(C5CC5)CCC6)nc4c3F)c12. The molecule has 4 aliphatic rings. The van der Waals surface area contributed by atoms with Gasteiger partial charge >= 0.3 is 6.01 Å². The molecule has 2 saturated carbocycles. The second-order valence-corrected chi connectivity index (χ2v) is 14.5. The number of hydrogen-bond acceptors (Lipinski definition) is 9. The molecule has 2 aromatic heterocycles. The van der Waals surface area contributed by atoms with E-state index in [0.29, 0.717) is 48.6 Å². The molecule has 8 rings (SSSR count). The van der Waals surface area contributed by atoms with E-state index in [4.69, 9.17) is 19.4 Å². The topological polar surface area (TPSA) is 104 Å². The van der Waals surface area contributed by atoms with Crippen molar-refractivity contribution in [2.24, 2.45) is 5.41 Å². The third kappa shape index (κ3) is 5.58. The molecule has 4 aromatic rings. The number of aromatic nitrogens is 3. The summed E-state index contributed by atoms with van der Waals surface area (Å²) < 4.78 is 29.2. The Balaban J connectivity index is 1.24. The smallest absolute Gasteiger partial charge is 0.319 e. The molecule has 2 aromatic carbocycles. The molecule has 10 heteroatoms. The van der Waals surface area contributed by atoms with E-state index >= 15 is 4.39 Å². The molecule has 2 saturated heterocycles. The number of phenolic OH excluding ortho intramolecular Hbond substituents is 1. The number of piperidine rings is 1. The Hall–Kier alpha value is -3.60. The number of pyridine rings is 1. The lowest BCUT2D eigenvalue weighted by molar-refractivity contribution is -0.0123. The van der Waals surface area contributed by atoms with Gasteiger partial charge in [0, 0.05) is 35.8 Å². The number of halogens is 1. The van der Waals surface area contributed by atoms with Crippen LogP contribution in [-0.4, -0.2) is 87.2 Å². The highest BCUT2D eigenvalue weighted by Gasteiger charge is 2.51. The van der Waals surface area contributed by atoms with E-state index in [1.807, 2.05) is 23.1 Å². The van der Waals surface area contributed by atoms with Crippen LogP contribution in [0.4, 0.5) is 10.2 Å². The van der Waals surface area contributed by atoms with E-state index in [2.05, 4.69) is 16.8 Å². The van der Waals surface area contributed by atoms with Crippen LogP contribution in [0, 0.1) is 11.2 Å². The van der Waals surface area contributed by atoms with Crippen LogP contribution in [0.5, 0.6) is 11.8 Å². The number of likely N-dealkylation sites (tertiary alicyclic amines) is 1. The molecular formula is C37H44FN5O4. The van der Waals surface area contributed by atoms with Crippen LogP contribution >= 0.6 is 0 Å². The number of rotatable bonds is 7. The second kappa shape index (κ2) is 11.8. The summed E-state index contributed by atoms with van der Waals surface area (Å²) in [6.07, 6.45) is 10.7. The molecule has 0 radical (unpaired) electrons. The number of benzene rings is 2. The largest absolute Gasteiger partial charge is 0.508 e. The summed E-state index contributed by atoms with van der Waals surface area (Å²) in [7, 11) is 0. The number of aliphatic hydroxyl groups is 1. The molecule has 4 fully saturated rings. The number of aryl methyl sites for hydroxylation is 1. The lowest BCUT2D eigenvalue weighted by Gasteiger charge is -2.46. The maximum Gasteiger partial charge on any atom is 0.319 e.